The van der Waals surface area contributed by atoms with E-state index in [1.165, 1.54) is 0 Å². The Balaban J connectivity index is 0.000000353. The Morgan fingerprint density at radius 1 is 0.536 bits per heavy atom. The first kappa shape index (κ1) is 73.4. The molecule has 5 atom stereocenters. The molecule has 5 aliphatic rings. The molecule has 454 valence electrons. The van der Waals surface area contributed by atoms with Gasteiger partial charge in [0, 0.05) is 63.0 Å². The van der Waals surface area contributed by atoms with Gasteiger partial charge in [-0.15, -0.1) is 0 Å². The van der Waals surface area contributed by atoms with Gasteiger partial charge in [0.1, 0.15) is 0 Å². The minimum Gasteiger partial charge on any atom is -0.381 e. The maximum Gasteiger partial charge on any atom is 0.373 e. The van der Waals surface area contributed by atoms with Crippen molar-refractivity contribution in [2.45, 2.75) is 217 Å². The highest BCUT2D eigenvalue weighted by molar-refractivity contribution is 5.56. The van der Waals surface area contributed by atoms with Gasteiger partial charge in [0.2, 0.25) is 0 Å². The van der Waals surface area contributed by atoms with Crippen LogP contribution in [0.25, 0.3) is 6.08 Å². The Morgan fingerprint density at radius 3 is 1.60 bits per heavy atom. The molecule has 0 saturated heterocycles. The van der Waals surface area contributed by atoms with Gasteiger partial charge >= 0.3 is 36.0 Å². The second-order valence-electron chi connectivity index (χ2n) is 21.1. The highest BCUT2D eigenvalue weighted by Crippen LogP contribution is 2.35. The molecular formula is C69H79F9O6. The molecule has 3 aromatic rings. The van der Waals surface area contributed by atoms with E-state index in [9.17, 15) is 39.5 Å². The Hall–Kier alpha value is -6.75. The number of allylic oxidation sites excluding steroid dienone is 1. The number of rotatable bonds is 8. The first-order valence-electron chi connectivity index (χ1n) is 28.7. The van der Waals surface area contributed by atoms with E-state index in [2.05, 4.69) is 53.3 Å². The first-order chi connectivity index (χ1) is 39.9. The topological polar surface area (TPSA) is 86.7 Å². The fourth-order valence-corrected chi connectivity index (χ4v) is 9.08. The van der Waals surface area contributed by atoms with E-state index in [0.29, 0.717) is 77.2 Å². The summed E-state index contributed by atoms with van der Waals surface area (Å²) in [5.41, 5.74) is 4.02. The molecule has 0 amide bonds. The molecule has 0 aromatic heterocycles. The fourth-order valence-electron chi connectivity index (χ4n) is 9.08. The van der Waals surface area contributed by atoms with Gasteiger partial charge in [0.05, 0.1) is 18.8 Å². The SMILES string of the molecule is CC1(F)C#CCCC(OCc2ccccc2)CC1.CCC1CCCCC#CC1(F)F.COC1CCC#CC(F)(F)CC1.Cc1ccc(/C=C2\CCCCC#CC2(F)F)cc1.Cc1ccc(CC2CCCCC#CC2(F)F)cc1.O=C=O.O=C=O. The van der Waals surface area contributed by atoms with Crippen LogP contribution < -0.4 is 0 Å². The summed E-state index contributed by atoms with van der Waals surface area (Å²) < 4.78 is 132. The van der Waals surface area contributed by atoms with Gasteiger partial charge in [-0.05, 0) is 157 Å². The van der Waals surface area contributed by atoms with E-state index < -0.39 is 41.2 Å². The summed E-state index contributed by atoms with van der Waals surface area (Å²) >= 11 is 0. The van der Waals surface area contributed by atoms with Crippen LogP contribution in [0.15, 0.2) is 84.4 Å². The molecule has 0 N–H and O–H groups in total. The molecular weight excluding hydrogens is 1100 g/mol. The molecule has 6 nitrogen and oxygen atoms in total. The number of alkyl halides is 9. The predicted octanol–water partition coefficient (Wildman–Crippen LogP) is 17.1. The van der Waals surface area contributed by atoms with E-state index in [-0.39, 0.29) is 36.5 Å². The fraction of sp³-hybridized carbons (Fsp3) is 0.536. The van der Waals surface area contributed by atoms with Gasteiger partial charge in [-0.3, -0.25) is 0 Å². The number of benzene rings is 3. The standard InChI is InChI=1S/C16H18F2.C16H16F2.C16H19FO.C10H14F2.C9H12F2O.2CO2/c2*1-13-7-9-14(10-8-13)12-15-6-4-2-3-5-11-16(15,17)18;1-16(17)11-6-5-9-15(10-12-16)18-13-14-7-3-2-4-8-14;1-2-9-7-5-3-4-6-8-10(9,11)12;1-12-8-4-2-3-6-9(10,11)7-5-8;2*2-1-3/h7-10,15H,2-4,6,12H2,1H3;7-10,12H,2-4,6H2,1H3;2-4,7-8,15H,5,9-10,12-13H2,1H3;9H,2-5,7H2,1H3;8H,2,4-5,7H2,1H3;;/b;15-12+;;;;;. The summed E-state index contributed by atoms with van der Waals surface area (Å²) in [6, 6.07) is 25.5. The van der Waals surface area contributed by atoms with E-state index in [4.69, 9.17) is 28.7 Å². The summed E-state index contributed by atoms with van der Waals surface area (Å²) in [6.07, 6.45) is 16.2. The Bertz CT molecular complexity index is 2800. The van der Waals surface area contributed by atoms with Crippen LogP contribution in [-0.4, -0.2) is 61.0 Å². The highest BCUT2D eigenvalue weighted by Gasteiger charge is 2.38. The average Bonchev–Trinajstić information content (AvgIpc) is 3.54. The van der Waals surface area contributed by atoms with Crippen molar-refractivity contribution in [3.8, 4) is 59.2 Å². The molecule has 84 heavy (non-hydrogen) atoms. The van der Waals surface area contributed by atoms with Crippen LogP contribution in [0.2, 0.25) is 0 Å². The minimum absolute atomic E-state index is 0.0505. The lowest BCUT2D eigenvalue weighted by atomic mass is 9.87. The zero-order chi connectivity index (χ0) is 62.3. The van der Waals surface area contributed by atoms with Gasteiger partial charge in [0.25, 0.3) is 0 Å². The van der Waals surface area contributed by atoms with Gasteiger partial charge < -0.3 is 9.47 Å². The molecule has 0 aliphatic heterocycles. The van der Waals surface area contributed by atoms with Crippen molar-refractivity contribution in [1.29, 1.82) is 0 Å². The molecule has 0 spiro atoms. The second kappa shape index (κ2) is 39.7. The highest BCUT2D eigenvalue weighted by atomic mass is 19.3. The molecule has 0 bridgehead atoms. The number of aryl methyl sites for hydroxylation is 2. The third kappa shape index (κ3) is 31.8. The van der Waals surface area contributed by atoms with Crippen molar-refractivity contribution in [2.75, 3.05) is 7.11 Å². The molecule has 8 rings (SSSR count). The molecule has 5 unspecified atom stereocenters. The van der Waals surface area contributed by atoms with Crippen molar-refractivity contribution in [3.05, 3.63) is 112 Å². The van der Waals surface area contributed by atoms with E-state index in [1.54, 1.807) is 20.1 Å². The zero-order valence-corrected chi connectivity index (χ0v) is 49.0. The molecule has 0 fully saturated rings. The molecule has 5 aliphatic carbocycles. The molecule has 3 aromatic carbocycles. The van der Waals surface area contributed by atoms with Crippen LogP contribution in [0, 0.1) is 84.9 Å². The third-order valence-corrected chi connectivity index (χ3v) is 14.1. The average molecular weight is 1180 g/mol. The maximum absolute atomic E-state index is 13.9. The second-order valence-corrected chi connectivity index (χ2v) is 21.1. The lowest BCUT2D eigenvalue weighted by Crippen LogP contribution is -2.29. The maximum atomic E-state index is 13.9. The summed E-state index contributed by atoms with van der Waals surface area (Å²) in [7, 11) is 1.55. The first-order valence-corrected chi connectivity index (χ1v) is 28.7. The number of ether oxygens (including phenoxy) is 2. The number of carbonyl (C=O) groups excluding carboxylic acids is 4. The van der Waals surface area contributed by atoms with Gasteiger partial charge in [-0.2, -0.15) is 54.3 Å². The van der Waals surface area contributed by atoms with Crippen molar-refractivity contribution in [1.82, 2.24) is 0 Å². The largest absolute Gasteiger partial charge is 0.381 e. The third-order valence-electron chi connectivity index (χ3n) is 14.1. The van der Waals surface area contributed by atoms with Gasteiger partial charge in [0.15, 0.2) is 5.67 Å². The predicted molar refractivity (Wildman–Crippen MR) is 308 cm³/mol. The molecule has 0 heterocycles. The van der Waals surface area contributed by atoms with Crippen LogP contribution in [-0.2, 0) is 41.7 Å². The van der Waals surface area contributed by atoms with Crippen molar-refractivity contribution in [2.24, 2.45) is 11.8 Å². The van der Waals surface area contributed by atoms with Crippen molar-refractivity contribution < 1.29 is 68.2 Å². The smallest absolute Gasteiger partial charge is 0.373 e. The van der Waals surface area contributed by atoms with Crippen molar-refractivity contribution in [3.63, 3.8) is 0 Å². The Morgan fingerprint density at radius 2 is 1.02 bits per heavy atom. The molecule has 15 heteroatoms. The lowest BCUT2D eigenvalue weighted by molar-refractivity contribution is -0.193. The van der Waals surface area contributed by atoms with Crippen molar-refractivity contribution >= 4 is 18.4 Å². The number of hydrogen-bond acceptors (Lipinski definition) is 6. The van der Waals surface area contributed by atoms with Crippen LogP contribution in [0.1, 0.15) is 177 Å². The zero-order valence-electron chi connectivity index (χ0n) is 49.0. The summed E-state index contributed by atoms with van der Waals surface area (Å²) in [5, 5.41) is 0. The number of hydrogen-bond donors (Lipinski definition) is 0. The van der Waals surface area contributed by atoms with E-state index in [0.717, 1.165) is 92.0 Å². The van der Waals surface area contributed by atoms with Crippen LogP contribution in [0.3, 0.4) is 0 Å². The van der Waals surface area contributed by atoms with E-state index in [1.807, 2.05) is 106 Å². The molecule has 0 saturated carbocycles. The number of halogens is 9. The van der Waals surface area contributed by atoms with Crippen LogP contribution in [0.4, 0.5) is 39.5 Å². The van der Waals surface area contributed by atoms with E-state index >= 15 is 0 Å². The summed E-state index contributed by atoms with van der Waals surface area (Å²) in [5.74, 6) is 11.5. The monoisotopic (exact) mass is 1170 g/mol. The quantitative estimate of drug-likeness (QED) is 0.165. The van der Waals surface area contributed by atoms with Gasteiger partial charge in [-0.1, -0.05) is 145 Å². The Labute approximate surface area is 492 Å². The Kier molecular flexibility index (Phi) is 34.7. The van der Waals surface area contributed by atoms with Crippen LogP contribution in [0.5, 0.6) is 0 Å². The number of methoxy groups -OCH3 is 1. The van der Waals surface area contributed by atoms with Crippen LogP contribution >= 0.6 is 0 Å². The van der Waals surface area contributed by atoms with Gasteiger partial charge in [-0.25, -0.2) is 4.39 Å². The lowest BCUT2D eigenvalue weighted by Gasteiger charge is -2.24. The normalized spacial score (nSPS) is 23.4. The minimum atomic E-state index is -2.98. The summed E-state index contributed by atoms with van der Waals surface area (Å²) in [6.45, 7) is 7.94. The molecule has 0 radical (unpaired) electrons. The summed E-state index contributed by atoms with van der Waals surface area (Å²) in [4.78, 5) is 32.5.